The van der Waals surface area contributed by atoms with E-state index >= 15 is 0 Å². The Morgan fingerprint density at radius 2 is 1.69 bits per heavy atom. The molecule has 1 saturated carbocycles. The van der Waals surface area contributed by atoms with E-state index in [-0.39, 0.29) is 18.9 Å². The summed E-state index contributed by atoms with van der Waals surface area (Å²) >= 11 is 0. The minimum absolute atomic E-state index is 0.0507. The number of alkyl halides is 3. The first-order chi connectivity index (χ1) is 16.6. The zero-order valence-electron chi connectivity index (χ0n) is 18.6. The van der Waals surface area contributed by atoms with Crippen LogP contribution in [0.25, 0.3) is 10.9 Å². The van der Waals surface area contributed by atoms with Gasteiger partial charge in [-0.25, -0.2) is 8.42 Å². The molecule has 1 aliphatic heterocycles. The van der Waals surface area contributed by atoms with Crippen molar-refractivity contribution in [1.29, 1.82) is 0 Å². The number of aromatic amines is 1. The lowest BCUT2D eigenvalue weighted by Crippen LogP contribution is -2.42. The van der Waals surface area contributed by atoms with Gasteiger partial charge in [0.15, 0.2) is 11.5 Å². The van der Waals surface area contributed by atoms with Gasteiger partial charge in [0.1, 0.15) is 0 Å². The van der Waals surface area contributed by atoms with Gasteiger partial charge in [-0.15, -0.1) is 0 Å². The number of nitrogens with zero attached hydrogens (tertiary/aromatic N) is 1. The van der Waals surface area contributed by atoms with Crippen LogP contribution in [0, 0.1) is 0 Å². The number of fused-ring (bicyclic) bond motifs is 2. The summed E-state index contributed by atoms with van der Waals surface area (Å²) in [4.78, 5) is 14.8. The van der Waals surface area contributed by atoms with Gasteiger partial charge in [-0.2, -0.15) is 17.5 Å². The van der Waals surface area contributed by atoms with Crippen molar-refractivity contribution < 1.29 is 31.1 Å². The Morgan fingerprint density at radius 1 is 1.00 bits per heavy atom. The molecule has 11 heteroatoms. The molecule has 2 heterocycles. The summed E-state index contributed by atoms with van der Waals surface area (Å²) in [6.07, 6.45) is -1.38. The molecule has 3 aromatic rings. The van der Waals surface area contributed by atoms with Gasteiger partial charge in [0.2, 0.25) is 16.8 Å². The highest BCUT2D eigenvalue weighted by atomic mass is 32.2. The van der Waals surface area contributed by atoms with Crippen LogP contribution < -0.4 is 15.0 Å². The molecule has 186 valence electrons. The summed E-state index contributed by atoms with van der Waals surface area (Å²) in [6, 6.07) is 8.50. The van der Waals surface area contributed by atoms with Crippen LogP contribution in [-0.2, 0) is 22.7 Å². The van der Waals surface area contributed by atoms with Crippen LogP contribution in [0.4, 0.5) is 13.2 Å². The SMILES string of the molecule is O=c1[nH]c2cc3c(cc2cc1CN(C1CCCCC1)S(=O)(=O)c1ccccc1C(F)(F)F)OCO3. The Bertz CT molecular complexity index is 1430. The van der Waals surface area contributed by atoms with E-state index < -0.39 is 38.3 Å². The molecule has 0 saturated heterocycles. The van der Waals surface area contributed by atoms with Crippen molar-refractivity contribution in [2.45, 2.75) is 55.8 Å². The summed E-state index contributed by atoms with van der Waals surface area (Å²) in [6.45, 7) is -0.298. The predicted molar refractivity (Wildman–Crippen MR) is 122 cm³/mol. The minimum atomic E-state index is -4.84. The van der Waals surface area contributed by atoms with Gasteiger partial charge in [-0.1, -0.05) is 31.4 Å². The number of nitrogens with one attached hydrogen (secondary N) is 1. The Hall–Kier alpha value is -3.05. The second-order valence-corrected chi connectivity index (χ2v) is 10.6. The summed E-state index contributed by atoms with van der Waals surface area (Å²) in [5, 5.41) is 0.598. The average molecular weight is 509 g/mol. The van der Waals surface area contributed by atoms with E-state index in [9.17, 15) is 26.4 Å². The largest absolute Gasteiger partial charge is 0.454 e. The van der Waals surface area contributed by atoms with Crippen molar-refractivity contribution in [1.82, 2.24) is 9.29 Å². The Balaban J connectivity index is 1.60. The van der Waals surface area contributed by atoms with E-state index in [1.807, 2.05) is 0 Å². The van der Waals surface area contributed by atoms with Crippen molar-refractivity contribution in [3.63, 3.8) is 0 Å². The van der Waals surface area contributed by atoms with Gasteiger partial charge in [0.05, 0.1) is 16.0 Å². The van der Waals surface area contributed by atoms with E-state index in [2.05, 4.69) is 4.98 Å². The Labute approximate surface area is 199 Å². The molecule has 5 rings (SSSR count). The van der Waals surface area contributed by atoms with E-state index in [1.165, 1.54) is 6.07 Å². The third-order valence-corrected chi connectivity index (χ3v) is 8.46. The number of rotatable bonds is 5. The molecule has 1 fully saturated rings. The van der Waals surface area contributed by atoms with E-state index in [0.717, 1.165) is 41.8 Å². The lowest BCUT2D eigenvalue weighted by molar-refractivity contribution is -0.139. The van der Waals surface area contributed by atoms with Crippen LogP contribution in [0.3, 0.4) is 0 Å². The maximum Gasteiger partial charge on any atom is 0.417 e. The molecule has 0 amide bonds. The summed E-state index contributed by atoms with van der Waals surface area (Å²) in [5.74, 6) is 0.974. The fourth-order valence-electron chi connectivity index (χ4n) is 4.76. The molecule has 2 aromatic carbocycles. The van der Waals surface area contributed by atoms with Crippen LogP contribution in [-0.4, -0.2) is 30.5 Å². The van der Waals surface area contributed by atoms with Gasteiger partial charge in [-0.3, -0.25) is 4.79 Å². The third kappa shape index (κ3) is 4.50. The van der Waals surface area contributed by atoms with Crippen LogP contribution in [0.1, 0.15) is 43.2 Å². The van der Waals surface area contributed by atoms with Gasteiger partial charge in [-0.05, 0) is 37.1 Å². The number of sulfonamides is 1. The van der Waals surface area contributed by atoms with E-state index in [4.69, 9.17) is 9.47 Å². The highest BCUT2D eigenvalue weighted by Crippen LogP contribution is 2.38. The number of aromatic nitrogens is 1. The standard InChI is InChI=1S/C24H23F3N2O5S/c25-24(26,27)18-8-4-5-9-22(18)35(31,32)29(17-6-2-1-3-7-17)13-16-10-15-11-20-21(34-14-33-20)12-19(15)28-23(16)30/h4-5,8-12,17H,1-3,6-7,13-14H2,(H,28,30). The predicted octanol–water partition coefficient (Wildman–Crippen LogP) is 4.80. The van der Waals surface area contributed by atoms with Crippen molar-refractivity contribution in [2.75, 3.05) is 6.79 Å². The van der Waals surface area contributed by atoms with E-state index in [1.54, 1.807) is 18.2 Å². The molecule has 0 radical (unpaired) electrons. The number of halogens is 3. The molecule has 0 bridgehead atoms. The highest BCUT2D eigenvalue weighted by Gasteiger charge is 2.41. The second-order valence-electron chi connectivity index (χ2n) is 8.75. The number of pyridine rings is 1. The number of hydrogen-bond donors (Lipinski definition) is 1. The fraction of sp³-hybridized carbons (Fsp3) is 0.375. The van der Waals surface area contributed by atoms with Crippen LogP contribution in [0.15, 0.2) is 52.2 Å². The van der Waals surface area contributed by atoms with Gasteiger partial charge in [0.25, 0.3) is 5.56 Å². The average Bonchev–Trinajstić information content (AvgIpc) is 3.28. The molecule has 7 nitrogen and oxygen atoms in total. The molecule has 0 spiro atoms. The first kappa shape index (κ1) is 23.7. The van der Waals surface area contributed by atoms with Crippen molar-refractivity contribution in [3.05, 3.63) is 63.9 Å². The van der Waals surface area contributed by atoms with Crippen LogP contribution >= 0.6 is 0 Å². The molecular formula is C24H23F3N2O5S. The molecule has 0 unspecified atom stereocenters. The zero-order valence-corrected chi connectivity index (χ0v) is 19.4. The highest BCUT2D eigenvalue weighted by molar-refractivity contribution is 7.89. The lowest BCUT2D eigenvalue weighted by atomic mass is 9.95. The summed E-state index contributed by atoms with van der Waals surface area (Å²) < 4.78 is 80.3. The maximum atomic E-state index is 13.7. The van der Waals surface area contributed by atoms with Crippen LogP contribution in [0.2, 0.25) is 0 Å². The molecule has 2 aliphatic rings. The first-order valence-electron chi connectivity index (χ1n) is 11.3. The van der Waals surface area contributed by atoms with Crippen molar-refractivity contribution >= 4 is 20.9 Å². The number of ether oxygens (including phenoxy) is 2. The Morgan fingerprint density at radius 3 is 2.40 bits per heavy atom. The number of benzene rings is 2. The maximum absolute atomic E-state index is 13.7. The quantitative estimate of drug-likeness (QED) is 0.535. The molecule has 0 atom stereocenters. The Kier molecular flexibility index (Phi) is 6.00. The van der Waals surface area contributed by atoms with Crippen molar-refractivity contribution in [2.24, 2.45) is 0 Å². The molecule has 35 heavy (non-hydrogen) atoms. The van der Waals surface area contributed by atoms with Gasteiger partial charge in [0, 0.05) is 29.6 Å². The smallest absolute Gasteiger partial charge is 0.417 e. The third-order valence-electron chi connectivity index (χ3n) is 6.50. The monoisotopic (exact) mass is 508 g/mol. The zero-order chi connectivity index (χ0) is 24.8. The minimum Gasteiger partial charge on any atom is -0.454 e. The number of hydrogen-bond acceptors (Lipinski definition) is 5. The lowest BCUT2D eigenvalue weighted by Gasteiger charge is -2.34. The fourth-order valence-corrected chi connectivity index (χ4v) is 6.64. The van der Waals surface area contributed by atoms with Gasteiger partial charge < -0.3 is 14.5 Å². The molecule has 1 aromatic heterocycles. The number of H-pyrrole nitrogens is 1. The second kappa shape index (κ2) is 8.87. The topological polar surface area (TPSA) is 88.7 Å². The summed E-state index contributed by atoms with van der Waals surface area (Å²) in [5.41, 5.74) is -1.12. The molecular weight excluding hydrogens is 485 g/mol. The first-order valence-corrected chi connectivity index (χ1v) is 12.7. The van der Waals surface area contributed by atoms with E-state index in [0.29, 0.717) is 35.2 Å². The van der Waals surface area contributed by atoms with Crippen LogP contribution in [0.5, 0.6) is 11.5 Å². The molecule has 1 aliphatic carbocycles. The van der Waals surface area contributed by atoms with Crippen molar-refractivity contribution in [3.8, 4) is 11.5 Å². The normalized spacial score (nSPS) is 16.8. The van der Waals surface area contributed by atoms with Gasteiger partial charge >= 0.3 is 6.18 Å². The summed E-state index contributed by atoms with van der Waals surface area (Å²) in [7, 11) is -4.58. The molecule has 1 N–H and O–H groups in total.